The van der Waals surface area contributed by atoms with Crippen LogP contribution >= 0.6 is 11.6 Å². The van der Waals surface area contributed by atoms with E-state index in [-0.39, 0.29) is 11.4 Å². The van der Waals surface area contributed by atoms with Gasteiger partial charge in [-0.1, -0.05) is 36.4 Å². The van der Waals surface area contributed by atoms with Crippen molar-refractivity contribution >= 4 is 28.3 Å². The van der Waals surface area contributed by atoms with Gasteiger partial charge in [-0.15, -0.1) is 11.6 Å². The van der Waals surface area contributed by atoms with Crippen molar-refractivity contribution in [2.75, 3.05) is 5.88 Å². The van der Waals surface area contributed by atoms with Crippen LogP contribution in [0.15, 0.2) is 42.5 Å². The maximum absolute atomic E-state index is 12.5. The zero-order valence-electron chi connectivity index (χ0n) is 10.7. The van der Waals surface area contributed by atoms with Crippen LogP contribution in [0.2, 0.25) is 0 Å². The van der Waals surface area contributed by atoms with Gasteiger partial charge < -0.3 is 5.32 Å². The molecule has 0 radical (unpaired) electrons. The molecule has 0 atom stereocenters. The lowest BCUT2D eigenvalue weighted by Gasteiger charge is -2.41. The molecule has 0 bridgehead atoms. The van der Waals surface area contributed by atoms with Crippen molar-refractivity contribution in [2.45, 2.75) is 24.8 Å². The third kappa shape index (κ3) is 2.21. The van der Waals surface area contributed by atoms with Crippen LogP contribution in [0.5, 0.6) is 0 Å². The molecule has 1 amide bonds. The second-order valence-electron chi connectivity index (χ2n) is 5.25. The van der Waals surface area contributed by atoms with Gasteiger partial charge >= 0.3 is 0 Å². The molecule has 1 aliphatic rings. The van der Waals surface area contributed by atoms with E-state index >= 15 is 0 Å². The van der Waals surface area contributed by atoms with Gasteiger partial charge in [0.1, 0.15) is 0 Å². The summed E-state index contributed by atoms with van der Waals surface area (Å²) in [4.78, 5) is 12.5. The summed E-state index contributed by atoms with van der Waals surface area (Å²) in [5, 5.41) is 5.20. The number of nitrogens with one attached hydrogen (secondary N) is 1. The van der Waals surface area contributed by atoms with Gasteiger partial charge in [-0.2, -0.15) is 0 Å². The van der Waals surface area contributed by atoms with Crippen molar-refractivity contribution < 1.29 is 4.79 Å². The number of benzene rings is 2. The summed E-state index contributed by atoms with van der Waals surface area (Å²) in [5.74, 6) is 0.473. The number of alkyl halides is 1. The Morgan fingerprint density at radius 3 is 2.58 bits per heavy atom. The molecule has 0 spiro atoms. The van der Waals surface area contributed by atoms with Crippen molar-refractivity contribution in [3.05, 3.63) is 48.0 Å². The highest BCUT2D eigenvalue weighted by atomic mass is 35.5. The molecule has 19 heavy (non-hydrogen) atoms. The lowest BCUT2D eigenvalue weighted by Crippen LogP contribution is -2.55. The number of carbonyl (C=O) groups excluding carboxylic acids is 1. The van der Waals surface area contributed by atoms with Gasteiger partial charge in [-0.25, -0.2) is 0 Å². The first-order valence-electron chi connectivity index (χ1n) is 6.60. The van der Waals surface area contributed by atoms with Crippen LogP contribution in [0.3, 0.4) is 0 Å². The van der Waals surface area contributed by atoms with Gasteiger partial charge in [0.25, 0.3) is 5.91 Å². The second-order valence-corrected chi connectivity index (χ2v) is 5.52. The number of carbonyl (C=O) groups is 1. The predicted octanol–water partition coefficient (Wildman–Crippen LogP) is 3.73. The lowest BCUT2D eigenvalue weighted by molar-refractivity contribution is 0.0855. The molecule has 0 saturated heterocycles. The summed E-state index contributed by atoms with van der Waals surface area (Å²) in [6, 6.07) is 13.8. The molecule has 3 heteroatoms. The maximum Gasteiger partial charge on any atom is 0.252 e. The van der Waals surface area contributed by atoms with Crippen LogP contribution in [0.4, 0.5) is 0 Å². The average Bonchev–Trinajstić information content (AvgIpc) is 2.42. The van der Waals surface area contributed by atoms with Crippen LogP contribution < -0.4 is 5.32 Å². The summed E-state index contributed by atoms with van der Waals surface area (Å²) in [7, 11) is 0. The molecule has 3 rings (SSSR count). The fourth-order valence-corrected chi connectivity index (χ4v) is 2.96. The maximum atomic E-state index is 12.5. The minimum Gasteiger partial charge on any atom is -0.345 e. The third-order valence-corrected chi connectivity index (χ3v) is 4.49. The van der Waals surface area contributed by atoms with E-state index in [1.54, 1.807) is 0 Å². The minimum absolute atomic E-state index is 0.0165. The molecule has 1 saturated carbocycles. The average molecular weight is 274 g/mol. The minimum atomic E-state index is -0.185. The van der Waals surface area contributed by atoms with Gasteiger partial charge in [-0.3, -0.25) is 4.79 Å². The topological polar surface area (TPSA) is 29.1 Å². The van der Waals surface area contributed by atoms with E-state index in [2.05, 4.69) is 5.32 Å². The predicted molar refractivity (Wildman–Crippen MR) is 78.7 cm³/mol. The molecule has 2 nitrogen and oxygen atoms in total. The number of fused-ring (bicyclic) bond motifs is 1. The van der Waals surface area contributed by atoms with Gasteiger partial charge in [-0.05, 0) is 36.1 Å². The molecule has 0 unspecified atom stereocenters. The Bertz CT molecular complexity index is 608. The van der Waals surface area contributed by atoms with Crippen LogP contribution in [0, 0.1) is 0 Å². The van der Waals surface area contributed by atoms with Crippen LogP contribution in [-0.4, -0.2) is 17.3 Å². The van der Waals surface area contributed by atoms with E-state index in [1.807, 2.05) is 42.5 Å². The zero-order valence-corrected chi connectivity index (χ0v) is 11.4. The van der Waals surface area contributed by atoms with Crippen molar-refractivity contribution in [1.29, 1.82) is 0 Å². The molecule has 1 aliphatic carbocycles. The first-order valence-corrected chi connectivity index (χ1v) is 7.14. The largest absolute Gasteiger partial charge is 0.345 e. The van der Waals surface area contributed by atoms with Crippen molar-refractivity contribution in [2.24, 2.45) is 0 Å². The molecule has 0 aromatic heterocycles. The summed E-state index contributed by atoms with van der Waals surface area (Å²) < 4.78 is 0. The molecule has 1 fully saturated rings. The molecule has 2 aromatic rings. The van der Waals surface area contributed by atoms with Gasteiger partial charge in [0.15, 0.2) is 0 Å². The van der Waals surface area contributed by atoms with E-state index in [0.717, 1.165) is 35.6 Å². The van der Waals surface area contributed by atoms with E-state index < -0.39 is 0 Å². The standard InChI is InChI=1S/C16H16ClNO/c17-11-16(9-4-10-16)18-15(19)14-8-3-6-12-5-1-2-7-13(12)14/h1-3,5-8H,4,9-11H2,(H,18,19). The van der Waals surface area contributed by atoms with Gasteiger partial charge in [0, 0.05) is 11.4 Å². The first kappa shape index (κ1) is 12.5. The van der Waals surface area contributed by atoms with E-state index in [0.29, 0.717) is 5.88 Å². The quantitative estimate of drug-likeness (QED) is 0.848. The fourth-order valence-electron chi connectivity index (χ4n) is 2.63. The molecule has 0 aliphatic heterocycles. The summed E-state index contributed by atoms with van der Waals surface area (Å²) in [5.41, 5.74) is 0.546. The van der Waals surface area contributed by atoms with Crippen LogP contribution in [0.25, 0.3) is 10.8 Å². The lowest BCUT2D eigenvalue weighted by atomic mass is 9.78. The highest BCUT2D eigenvalue weighted by Crippen LogP contribution is 2.33. The van der Waals surface area contributed by atoms with E-state index in [9.17, 15) is 4.79 Å². The Morgan fingerprint density at radius 1 is 1.16 bits per heavy atom. The molecule has 0 heterocycles. The Morgan fingerprint density at radius 2 is 1.89 bits per heavy atom. The summed E-state index contributed by atoms with van der Waals surface area (Å²) >= 11 is 6.00. The third-order valence-electron chi connectivity index (χ3n) is 3.98. The molecule has 1 N–H and O–H groups in total. The Balaban J connectivity index is 1.93. The number of amides is 1. The molecular formula is C16H16ClNO. The smallest absolute Gasteiger partial charge is 0.252 e. The van der Waals surface area contributed by atoms with Crippen LogP contribution in [-0.2, 0) is 0 Å². The van der Waals surface area contributed by atoms with Crippen molar-refractivity contribution in [1.82, 2.24) is 5.32 Å². The van der Waals surface area contributed by atoms with E-state index in [1.165, 1.54) is 0 Å². The highest BCUT2D eigenvalue weighted by molar-refractivity contribution is 6.19. The van der Waals surface area contributed by atoms with Crippen LogP contribution in [0.1, 0.15) is 29.6 Å². The first-order chi connectivity index (χ1) is 9.24. The summed E-state index contributed by atoms with van der Waals surface area (Å²) in [6.07, 6.45) is 3.10. The Hall–Kier alpha value is -1.54. The number of hydrogen-bond acceptors (Lipinski definition) is 1. The normalized spacial score (nSPS) is 16.9. The van der Waals surface area contributed by atoms with Crippen molar-refractivity contribution in [3.63, 3.8) is 0 Å². The summed E-state index contributed by atoms with van der Waals surface area (Å²) in [6.45, 7) is 0. The molecule has 98 valence electrons. The zero-order chi connectivity index (χ0) is 13.3. The Kier molecular flexibility index (Phi) is 3.19. The van der Waals surface area contributed by atoms with Gasteiger partial charge in [0.2, 0.25) is 0 Å². The number of hydrogen-bond donors (Lipinski definition) is 1. The second kappa shape index (κ2) is 4.86. The fraction of sp³-hybridized carbons (Fsp3) is 0.312. The van der Waals surface area contributed by atoms with Crippen molar-refractivity contribution in [3.8, 4) is 0 Å². The molecule has 2 aromatic carbocycles. The monoisotopic (exact) mass is 273 g/mol. The SMILES string of the molecule is O=C(NC1(CCl)CCC1)c1cccc2ccccc12. The van der Waals surface area contributed by atoms with Gasteiger partial charge in [0.05, 0.1) is 5.54 Å². The Labute approximate surface area is 117 Å². The van der Waals surface area contributed by atoms with E-state index in [4.69, 9.17) is 11.6 Å². The number of halogens is 1. The molecular weight excluding hydrogens is 258 g/mol. The number of rotatable bonds is 3. The highest BCUT2D eigenvalue weighted by Gasteiger charge is 2.37.